The number of halogens is 1. The molecule has 0 saturated heterocycles. The van der Waals surface area contributed by atoms with E-state index in [4.69, 9.17) is 4.74 Å². The van der Waals surface area contributed by atoms with Gasteiger partial charge in [0.2, 0.25) is 0 Å². The molecule has 0 atom stereocenters. The molecule has 136 valence electrons. The molecule has 8 heteroatoms. The van der Waals surface area contributed by atoms with E-state index in [1.807, 2.05) is 17.7 Å². The lowest BCUT2D eigenvalue weighted by atomic mass is 10.3. The van der Waals surface area contributed by atoms with Gasteiger partial charge in [0.1, 0.15) is 12.4 Å². The Labute approximate surface area is 150 Å². The molecule has 0 spiro atoms. The third-order valence-corrected chi connectivity index (χ3v) is 3.94. The van der Waals surface area contributed by atoms with E-state index in [0.717, 1.165) is 12.4 Å². The summed E-state index contributed by atoms with van der Waals surface area (Å²) in [5, 5.41) is 6.77. The molecule has 3 aromatic rings. The van der Waals surface area contributed by atoms with Crippen LogP contribution in [0.1, 0.15) is 28.9 Å². The van der Waals surface area contributed by atoms with Crippen LogP contribution < -0.4 is 4.74 Å². The zero-order chi connectivity index (χ0) is 18.5. The maximum Gasteiger partial charge on any atom is 0.274 e. The van der Waals surface area contributed by atoms with E-state index in [2.05, 4.69) is 15.2 Å². The minimum Gasteiger partial charge on any atom is -0.484 e. The number of hydrogen-bond acceptors (Lipinski definition) is 4. The maximum atomic E-state index is 13.6. The van der Waals surface area contributed by atoms with Crippen molar-refractivity contribution in [2.24, 2.45) is 0 Å². The van der Waals surface area contributed by atoms with Gasteiger partial charge in [0.15, 0.2) is 17.3 Å². The number of para-hydroxylation sites is 1. The van der Waals surface area contributed by atoms with E-state index < -0.39 is 5.82 Å². The summed E-state index contributed by atoms with van der Waals surface area (Å²) in [6, 6.07) is 7.75. The van der Waals surface area contributed by atoms with Gasteiger partial charge in [0.05, 0.1) is 12.2 Å². The zero-order valence-corrected chi connectivity index (χ0v) is 14.6. The summed E-state index contributed by atoms with van der Waals surface area (Å²) in [6.07, 6.45) is 3.59. The number of benzene rings is 1. The van der Waals surface area contributed by atoms with E-state index >= 15 is 0 Å². The van der Waals surface area contributed by atoms with Crippen molar-refractivity contribution in [3.05, 3.63) is 65.8 Å². The van der Waals surface area contributed by atoms with Gasteiger partial charge in [-0.05, 0) is 25.1 Å². The van der Waals surface area contributed by atoms with Crippen LogP contribution in [0, 0.1) is 5.82 Å². The Morgan fingerprint density at radius 2 is 2.19 bits per heavy atom. The molecule has 2 aromatic heterocycles. The summed E-state index contributed by atoms with van der Waals surface area (Å²) >= 11 is 0. The fourth-order valence-corrected chi connectivity index (χ4v) is 2.52. The number of aromatic nitrogens is 4. The molecule has 7 nitrogen and oxygen atoms in total. The molecule has 0 radical (unpaired) electrons. The Balaban J connectivity index is 1.61. The van der Waals surface area contributed by atoms with Crippen molar-refractivity contribution in [3.8, 4) is 5.75 Å². The van der Waals surface area contributed by atoms with E-state index in [-0.39, 0.29) is 24.0 Å². The standard InChI is InChI=1S/C18H20FN5O2/c1-3-24-9-8-20-17(24)11-23(2)18(25)15-10-13(21-22-15)12-26-16-7-5-4-6-14(16)19/h4-10H,3,11-12H2,1-2H3,(H,21,22). The van der Waals surface area contributed by atoms with Crippen molar-refractivity contribution >= 4 is 5.91 Å². The number of rotatable bonds is 7. The maximum absolute atomic E-state index is 13.6. The van der Waals surface area contributed by atoms with Crippen LogP contribution >= 0.6 is 0 Å². The third kappa shape index (κ3) is 3.90. The number of nitrogens with one attached hydrogen (secondary N) is 1. The van der Waals surface area contributed by atoms with Gasteiger partial charge in [0, 0.05) is 26.0 Å². The number of hydrogen-bond donors (Lipinski definition) is 1. The van der Waals surface area contributed by atoms with Gasteiger partial charge in [-0.25, -0.2) is 9.37 Å². The Kier molecular flexibility index (Phi) is 5.31. The topological polar surface area (TPSA) is 76.0 Å². The highest BCUT2D eigenvalue weighted by Gasteiger charge is 2.17. The largest absolute Gasteiger partial charge is 0.484 e. The highest BCUT2D eigenvalue weighted by Crippen LogP contribution is 2.17. The lowest BCUT2D eigenvalue weighted by Gasteiger charge is -2.16. The molecule has 0 saturated carbocycles. The molecular formula is C18H20FN5O2. The second kappa shape index (κ2) is 7.81. The van der Waals surface area contributed by atoms with Gasteiger partial charge < -0.3 is 14.2 Å². The fourth-order valence-electron chi connectivity index (χ4n) is 2.52. The van der Waals surface area contributed by atoms with Crippen LogP contribution in [0.25, 0.3) is 0 Å². The van der Waals surface area contributed by atoms with Crippen LogP contribution in [-0.4, -0.2) is 37.6 Å². The first-order chi connectivity index (χ1) is 12.6. The fraction of sp³-hybridized carbons (Fsp3) is 0.278. The van der Waals surface area contributed by atoms with Gasteiger partial charge in [-0.1, -0.05) is 12.1 Å². The molecule has 26 heavy (non-hydrogen) atoms. The minimum atomic E-state index is -0.436. The van der Waals surface area contributed by atoms with E-state index in [1.165, 1.54) is 6.07 Å². The van der Waals surface area contributed by atoms with Gasteiger partial charge in [0.25, 0.3) is 5.91 Å². The van der Waals surface area contributed by atoms with Crippen molar-refractivity contribution in [2.45, 2.75) is 26.6 Å². The molecule has 0 unspecified atom stereocenters. The molecule has 0 aliphatic carbocycles. The normalized spacial score (nSPS) is 10.7. The smallest absolute Gasteiger partial charge is 0.274 e. The molecule has 1 N–H and O–H groups in total. The molecule has 1 aromatic carbocycles. The predicted molar refractivity (Wildman–Crippen MR) is 93.0 cm³/mol. The summed E-state index contributed by atoms with van der Waals surface area (Å²) in [5.74, 6) is 0.291. The zero-order valence-electron chi connectivity index (χ0n) is 14.6. The first-order valence-corrected chi connectivity index (χ1v) is 8.25. The van der Waals surface area contributed by atoms with Crippen molar-refractivity contribution in [1.29, 1.82) is 0 Å². The molecule has 0 aliphatic heterocycles. The molecule has 2 heterocycles. The molecular weight excluding hydrogens is 337 g/mol. The lowest BCUT2D eigenvalue weighted by molar-refractivity contribution is 0.0774. The first-order valence-electron chi connectivity index (χ1n) is 8.25. The lowest BCUT2D eigenvalue weighted by Crippen LogP contribution is -2.28. The van der Waals surface area contributed by atoms with Crippen LogP contribution in [0.4, 0.5) is 4.39 Å². The van der Waals surface area contributed by atoms with Crippen molar-refractivity contribution in [1.82, 2.24) is 24.6 Å². The summed E-state index contributed by atoms with van der Waals surface area (Å²) in [5.41, 5.74) is 0.856. The molecule has 0 fully saturated rings. The van der Waals surface area contributed by atoms with Gasteiger partial charge in [-0.2, -0.15) is 5.10 Å². The Morgan fingerprint density at radius 3 is 2.96 bits per heavy atom. The number of amides is 1. The van der Waals surface area contributed by atoms with Crippen LogP contribution in [0.15, 0.2) is 42.7 Å². The number of H-pyrrole nitrogens is 1. The SMILES string of the molecule is CCn1ccnc1CN(C)C(=O)c1cc(COc2ccccc2F)[nH]n1. The van der Waals surface area contributed by atoms with Crippen molar-refractivity contribution in [2.75, 3.05) is 7.05 Å². The van der Waals surface area contributed by atoms with Crippen molar-refractivity contribution in [3.63, 3.8) is 0 Å². The number of imidazole rings is 1. The Hall–Kier alpha value is -3.16. The number of aromatic amines is 1. The Bertz CT molecular complexity index is 889. The quantitative estimate of drug-likeness (QED) is 0.705. The number of nitrogens with zero attached hydrogens (tertiary/aromatic N) is 4. The Morgan fingerprint density at radius 1 is 1.38 bits per heavy atom. The van der Waals surface area contributed by atoms with Crippen LogP contribution in [0.3, 0.4) is 0 Å². The number of ether oxygens (including phenoxy) is 1. The number of carbonyl (C=O) groups is 1. The van der Waals surface area contributed by atoms with Crippen LogP contribution in [0.5, 0.6) is 5.75 Å². The van der Waals surface area contributed by atoms with Crippen molar-refractivity contribution < 1.29 is 13.9 Å². The second-order valence-electron chi connectivity index (χ2n) is 5.79. The minimum absolute atomic E-state index is 0.0885. The number of carbonyl (C=O) groups excluding carboxylic acids is 1. The second-order valence-corrected chi connectivity index (χ2v) is 5.79. The van der Waals surface area contributed by atoms with E-state index in [0.29, 0.717) is 12.2 Å². The van der Waals surface area contributed by atoms with Gasteiger partial charge in [-0.3, -0.25) is 9.89 Å². The van der Waals surface area contributed by atoms with Crippen LogP contribution in [0.2, 0.25) is 0 Å². The average Bonchev–Trinajstić information content (AvgIpc) is 3.29. The monoisotopic (exact) mass is 357 g/mol. The molecule has 1 amide bonds. The summed E-state index contributed by atoms with van der Waals surface area (Å²) in [7, 11) is 1.70. The first kappa shape index (κ1) is 17.7. The highest BCUT2D eigenvalue weighted by atomic mass is 19.1. The average molecular weight is 357 g/mol. The number of aryl methyl sites for hydroxylation is 1. The van der Waals surface area contributed by atoms with Crippen LogP contribution in [-0.2, 0) is 19.7 Å². The summed E-state index contributed by atoms with van der Waals surface area (Å²) < 4.78 is 20.9. The predicted octanol–water partition coefficient (Wildman–Crippen LogP) is 2.62. The summed E-state index contributed by atoms with van der Waals surface area (Å²) in [4.78, 5) is 18.3. The molecule has 0 bridgehead atoms. The molecule has 3 rings (SSSR count). The third-order valence-electron chi connectivity index (χ3n) is 3.94. The highest BCUT2D eigenvalue weighted by molar-refractivity contribution is 5.92. The van der Waals surface area contributed by atoms with Gasteiger partial charge >= 0.3 is 0 Å². The summed E-state index contributed by atoms with van der Waals surface area (Å²) in [6.45, 7) is 3.28. The van der Waals surface area contributed by atoms with E-state index in [9.17, 15) is 9.18 Å². The molecule has 0 aliphatic rings. The van der Waals surface area contributed by atoms with E-state index in [1.54, 1.807) is 42.4 Å². The van der Waals surface area contributed by atoms with Gasteiger partial charge in [-0.15, -0.1) is 0 Å².